The van der Waals surface area contributed by atoms with Crippen molar-refractivity contribution in [3.05, 3.63) is 6.20 Å². The number of fused-ring (bicyclic) bond motifs is 1. The summed E-state index contributed by atoms with van der Waals surface area (Å²) >= 11 is 0. The molecular formula is C11H16N8O. The fraction of sp³-hybridized carbons (Fsp3) is 0.455. The number of hydrazine groups is 1. The molecule has 0 spiro atoms. The molecule has 0 aromatic carbocycles. The summed E-state index contributed by atoms with van der Waals surface area (Å²) in [5, 5.41) is 10.2. The molecule has 3 heterocycles. The van der Waals surface area contributed by atoms with Crippen LogP contribution in [0.5, 0.6) is 0 Å². The van der Waals surface area contributed by atoms with Gasteiger partial charge < -0.3 is 10.2 Å². The number of carbonyl (C=O) groups is 1. The number of nitrogens with zero attached hydrogens (tertiary/aromatic N) is 4. The molecule has 1 aliphatic heterocycles. The van der Waals surface area contributed by atoms with Crippen LogP contribution in [0.25, 0.3) is 11.0 Å². The third-order valence-electron chi connectivity index (χ3n) is 3.49. The predicted molar refractivity (Wildman–Crippen MR) is 73.9 cm³/mol. The number of nitrogen functional groups attached to an aromatic ring is 1. The van der Waals surface area contributed by atoms with Gasteiger partial charge in [-0.1, -0.05) is 0 Å². The number of carbonyl (C=O) groups excluding carboxylic acids is 1. The Morgan fingerprint density at radius 2 is 2.40 bits per heavy atom. The molecule has 5 N–H and O–H groups in total. The zero-order valence-electron chi connectivity index (χ0n) is 11.1. The molecule has 2 aromatic rings. The molecule has 0 radical (unpaired) electrons. The Labute approximate surface area is 114 Å². The summed E-state index contributed by atoms with van der Waals surface area (Å²) < 4.78 is 0. The number of hydrogen-bond acceptors (Lipinski definition) is 7. The smallest absolute Gasteiger partial charge is 0.242 e. The van der Waals surface area contributed by atoms with Gasteiger partial charge in [0.25, 0.3) is 0 Å². The van der Waals surface area contributed by atoms with E-state index in [1.807, 2.05) is 4.90 Å². The first-order valence-electron chi connectivity index (χ1n) is 6.40. The molecular weight excluding hydrogens is 260 g/mol. The van der Waals surface area contributed by atoms with Gasteiger partial charge in [0.15, 0.2) is 5.65 Å². The number of anilines is 2. The van der Waals surface area contributed by atoms with E-state index in [0.29, 0.717) is 17.4 Å². The van der Waals surface area contributed by atoms with Crippen molar-refractivity contribution < 1.29 is 4.79 Å². The van der Waals surface area contributed by atoms with Gasteiger partial charge >= 0.3 is 0 Å². The SMILES string of the molecule is CNC(=O)C1CCCN1c1nc(NN)nc2[nH]ncc12. The van der Waals surface area contributed by atoms with E-state index in [1.54, 1.807) is 13.2 Å². The second kappa shape index (κ2) is 4.93. The molecule has 1 saturated heterocycles. The highest BCUT2D eigenvalue weighted by atomic mass is 16.2. The van der Waals surface area contributed by atoms with Crippen molar-refractivity contribution in [3.8, 4) is 0 Å². The lowest BCUT2D eigenvalue weighted by Gasteiger charge is -2.24. The van der Waals surface area contributed by atoms with Gasteiger partial charge in [-0.05, 0) is 12.8 Å². The fourth-order valence-corrected chi connectivity index (χ4v) is 2.56. The van der Waals surface area contributed by atoms with Gasteiger partial charge in [-0.25, -0.2) is 5.84 Å². The van der Waals surface area contributed by atoms with Gasteiger partial charge in [-0.15, -0.1) is 0 Å². The van der Waals surface area contributed by atoms with Crippen LogP contribution in [0.1, 0.15) is 12.8 Å². The van der Waals surface area contributed by atoms with Crippen LogP contribution >= 0.6 is 0 Å². The van der Waals surface area contributed by atoms with Crippen molar-refractivity contribution in [2.24, 2.45) is 5.84 Å². The van der Waals surface area contributed by atoms with Gasteiger partial charge in [0, 0.05) is 13.6 Å². The van der Waals surface area contributed by atoms with Gasteiger partial charge in [0.2, 0.25) is 11.9 Å². The number of likely N-dealkylation sites (N-methyl/N-ethyl adjacent to an activating group) is 1. The monoisotopic (exact) mass is 276 g/mol. The van der Waals surface area contributed by atoms with Crippen molar-refractivity contribution in [3.63, 3.8) is 0 Å². The van der Waals surface area contributed by atoms with E-state index < -0.39 is 0 Å². The van der Waals surface area contributed by atoms with Crippen molar-refractivity contribution in [2.75, 3.05) is 23.9 Å². The van der Waals surface area contributed by atoms with E-state index in [2.05, 4.69) is 30.9 Å². The Balaban J connectivity index is 2.08. The Hall–Kier alpha value is -2.42. The van der Waals surface area contributed by atoms with Crippen molar-refractivity contribution in [1.29, 1.82) is 0 Å². The standard InChI is InChI=1S/C11H16N8O/c1-13-10(20)7-3-2-4-19(7)9-6-5-14-18-8(6)15-11(16-9)17-12/h5,7H,2-4,12H2,1H3,(H,13,20)(H2,14,15,16,17,18). The lowest BCUT2D eigenvalue weighted by molar-refractivity contribution is -0.121. The van der Waals surface area contributed by atoms with E-state index in [0.717, 1.165) is 24.8 Å². The molecule has 0 bridgehead atoms. The van der Waals surface area contributed by atoms with E-state index in [1.165, 1.54) is 0 Å². The first kappa shape index (κ1) is 12.6. The highest BCUT2D eigenvalue weighted by Crippen LogP contribution is 2.30. The number of nitrogens with one attached hydrogen (secondary N) is 3. The van der Waals surface area contributed by atoms with Crippen molar-refractivity contribution in [1.82, 2.24) is 25.5 Å². The third-order valence-corrected chi connectivity index (χ3v) is 3.49. The maximum Gasteiger partial charge on any atom is 0.242 e. The molecule has 106 valence electrons. The van der Waals surface area contributed by atoms with Crippen molar-refractivity contribution >= 4 is 28.7 Å². The topological polar surface area (TPSA) is 125 Å². The average molecular weight is 276 g/mol. The van der Waals surface area contributed by atoms with Crippen LogP contribution in [0.3, 0.4) is 0 Å². The normalized spacial score (nSPS) is 18.5. The molecule has 1 amide bonds. The van der Waals surface area contributed by atoms with Crippen molar-refractivity contribution in [2.45, 2.75) is 18.9 Å². The molecule has 20 heavy (non-hydrogen) atoms. The maximum absolute atomic E-state index is 12.0. The number of aromatic nitrogens is 4. The highest BCUT2D eigenvalue weighted by molar-refractivity contribution is 5.92. The van der Waals surface area contributed by atoms with E-state index in [9.17, 15) is 4.79 Å². The molecule has 0 aliphatic carbocycles. The van der Waals surface area contributed by atoms with Gasteiger partial charge in [-0.2, -0.15) is 15.1 Å². The lowest BCUT2D eigenvalue weighted by atomic mass is 10.2. The summed E-state index contributed by atoms with van der Waals surface area (Å²) in [5.74, 6) is 6.34. The molecule has 9 nitrogen and oxygen atoms in total. The number of nitrogens with two attached hydrogens (primary N) is 1. The maximum atomic E-state index is 12.0. The Morgan fingerprint density at radius 3 is 3.15 bits per heavy atom. The highest BCUT2D eigenvalue weighted by Gasteiger charge is 2.32. The first-order valence-corrected chi connectivity index (χ1v) is 6.40. The Morgan fingerprint density at radius 1 is 1.55 bits per heavy atom. The summed E-state index contributed by atoms with van der Waals surface area (Å²) in [6, 6.07) is -0.223. The number of aromatic amines is 1. The number of H-pyrrole nitrogens is 1. The molecule has 1 fully saturated rings. The van der Waals surface area contributed by atoms with Crippen LogP contribution in [0.2, 0.25) is 0 Å². The van der Waals surface area contributed by atoms with Crippen LogP contribution in [0.15, 0.2) is 6.20 Å². The predicted octanol–water partition coefficient (Wildman–Crippen LogP) is -0.647. The molecule has 0 saturated carbocycles. The quantitative estimate of drug-likeness (QED) is 0.434. The van der Waals surface area contributed by atoms with Gasteiger partial charge in [0.1, 0.15) is 11.9 Å². The molecule has 3 rings (SSSR count). The summed E-state index contributed by atoms with van der Waals surface area (Å²) in [7, 11) is 1.64. The number of amides is 1. The number of rotatable bonds is 3. The van der Waals surface area contributed by atoms with Crippen LogP contribution < -0.4 is 21.5 Å². The minimum atomic E-state index is -0.223. The van der Waals surface area contributed by atoms with Crippen LogP contribution in [0.4, 0.5) is 11.8 Å². The van der Waals surface area contributed by atoms with Gasteiger partial charge in [0.05, 0.1) is 11.6 Å². The van der Waals surface area contributed by atoms with Crippen LogP contribution in [0, 0.1) is 0 Å². The minimum absolute atomic E-state index is 0.0139. The Bertz CT molecular complexity index is 638. The summed E-state index contributed by atoms with van der Waals surface area (Å²) in [4.78, 5) is 22.5. The zero-order chi connectivity index (χ0) is 14.1. The zero-order valence-corrected chi connectivity index (χ0v) is 11.1. The molecule has 9 heteroatoms. The summed E-state index contributed by atoms with van der Waals surface area (Å²) in [5.41, 5.74) is 3.02. The Kier molecular flexibility index (Phi) is 3.11. The molecule has 1 aliphatic rings. The molecule has 1 atom stereocenters. The second-order valence-electron chi connectivity index (χ2n) is 4.61. The molecule has 1 unspecified atom stereocenters. The fourth-order valence-electron chi connectivity index (χ4n) is 2.56. The third kappa shape index (κ3) is 1.92. The summed E-state index contributed by atoms with van der Waals surface area (Å²) in [6.45, 7) is 0.763. The largest absolute Gasteiger partial charge is 0.357 e. The van der Waals surface area contributed by atoms with E-state index >= 15 is 0 Å². The number of hydrogen-bond donors (Lipinski definition) is 4. The lowest BCUT2D eigenvalue weighted by Crippen LogP contribution is -2.42. The minimum Gasteiger partial charge on any atom is -0.357 e. The van der Waals surface area contributed by atoms with E-state index in [-0.39, 0.29) is 11.9 Å². The average Bonchev–Trinajstić information content (AvgIpc) is 3.13. The molecule has 2 aromatic heterocycles. The van der Waals surface area contributed by atoms with Crippen LogP contribution in [-0.4, -0.2) is 45.7 Å². The van der Waals surface area contributed by atoms with E-state index in [4.69, 9.17) is 5.84 Å². The second-order valence-corrected chi connectivity index (χ2v) is 4.61. The van der Waals surface area contributed by atoms with Gasteiger partial charge in [-0.3, -0.25) is 15.3 Å². The first-order chi connectivity index (χ1) is 9.74. The van der Waals surface area contributed by atoms with Crippen LogP contribution in [-0.2, 0) is 4.79 Å². The summed E-state index contributed by atoms with van der Waals surface area (Å²) in [6.07, 6.45) is 3.39.